The van der Waals surface area contributed by atoms with E-state index in [-0.39, 0.29) is 41.1 Å². The topological polar surface area (TPSA) is 84.7 Å². The lowest BCUT2D eigenvalue weighted by Gasteiger charge is -2.38. The van der Waals surface area contributed by atoms with Crippen molar-refractivity contribution in [3.63, 3.8) is 0 Å². The van der Waals surface area contributed by atoms with Gasteiger partial charge >= 0.3 is 0 Å². The molecule has 0 unspecified atom stereocenters. The standard InChI is InChI=1S/C19H18F2IN3O3/c1-10(26)25-7-11(8-25)9-28-17-5-12(20)4-16(18(17)19(23)27)24-15-3-2-13(22)6-14(15)21/h2-6,11,24H,7-9H2,1H3,(H2,23,27). The van der Waals surface area contributed by atoms with E-state index in [4.69, 9.17) is 10.5 Å². The highest BCUT2D eigenvalue weighted by atomic mass is 127. The van der Waals surface area contributed by atoms with Crippen LogP contribution in [-0.4, -0.2) is 36.4 Å². The molecule has 2 aromatic carbocycles. The lowest BCUT2D eigenvalue weighted by molar-refractivity contribution is -0.135. The van der Waals surface area contributed by atoms with Crippen LogP contribution in [-0.2, 0) is 4.79 Å². The number of nitrogens with zero attached hydrogens (tertiary/aromatic N) is 1. The highest BCUT2D eigenvalue weighted by Crippen LogP contribution is 2.32. The maximum atomic E-state index is 14.1. The largest absolute Gasteiger partial charge is 0.492 e. The fraction of sp³-hybridized carbons (Fsp3) is 0.263. The van der Waals surface area contributed by atoms with Gasteiger partial charge in [-0.05, 0) is 46.9 Å². The molecule has 6 nitrogen and oxygen atoms in total. The molecule has 1 fully saturated rings. The molecule has 148 valence electrons. The molecule has 1 heterocycles. The number of halogens is 3. The molecule has 0 aromatic heterocycles. The quantitative estimate of drug-likeness (QED) is 0.596. The van der Waals surface area contributed by atoms with Crippen LogP contribution in [0.4, 0.5) is 20.2 Å². The Labute approximate surface area is 174 Å². The zero-order chi connectivity index (χ0) is 20.4. The lowest BCUT2D eigenvalue weighted by Crippen LogP contribution is -2.51. The van der Waals surface area contributed by atoms with Crippen molar-refractivity contribution in [3.05, 3.63) is 51.1 Å². The summed E-state index contributed by atoms with van der Waals surface area (Å²) in [6, 6.07) is 6.59. The molecule has 3 rings (SSSR count). The van der Waals surface area contributed by atoms with Crippen molar-refractivity contribution in [2.75, 3.05) is 25.0 Å². The second-order valence-electron chi connectivity index (χ2n) is 6.54. The molecule has 0 aliphatic carbocycles. The van der Waals surface area contributed by atoms with E-state index in [2.05, 4.69) is 5.32 Å². The first kappa shape index (κ1) is 20.3. The first-order chi connectivity index (χ1) is 13.2. The number of hydrogen-bond donors (Lipinski definition) is 2. The Morgan fingerprint density at radius 3 is 2.57 bits per heavy atom. The molecular formula is C19H18F2IN3O3. The number of carbonyl (C=O) groups is 2. The minimum atomic E-state index is -0.831. The van der Waals surface area contributed by atoms with Crippen LogP contribution in [0.5, 0.6) is 5.75 Å². The molecule has 0 spiro atoms. The zero-order valence-electron chi connectivity index (χ0n) is 15.0. The third-order valence-corrected chi connectivity index (χ3v) is 5.06. The van der Waals surface area contributed by atoms with Crippen molar-refractivity contribution in [2.45, 2.75) is 6.92 Å². The Kier molecular flexibility index (Phi) is 6.01. The molecular weight excluding hydrogens is 483 g/mol. The van der Waals surface area contributed by atoms with Gasteiger partial charge in [-0.3, -0.25) is 9.59 Å². The smallest absolute Gasteiger partial charge is 0.254 e. The molecule has 0 atom stereocenters. The van der Waals surface area contributed by atoms with Crippen LogP contribution in [0.15, 0.2) is 30.3 Å². The number of nitrogens with one attached hydrogen (secondary N) is 1. The monoisotopic (exact) mass is 501 g/mol. The van der Waals surface area contributed by atoms with Crippen LogP contribution in [0.2, 0.25) is 0 Å². The van der Waals surface area contributed by atoms with Gasteiger partial charge in [0.1, 0.15) is 22.9 Å². The van der Waals surface area contributed by atoms with E-state index in [1.165, 1.54) is 19.1 Å². The summed E-state index contributed by atoms with van der Waals surface area (Å²) in [7, 11) is 0. The average Bonchev–Trinajstić information content (AvgIpc) is 2.55. The number of anilines is 2. The lowest BCUT2D eigenvalue weighted by atomic mass is 10.0. The van der Waals surface area contributed by atoms with E-state index in [1.54, 1.807) is 11.0 Å². The van der Waals surface area contributed by atoms with Gasteiger partial charge in [-0.2, -0.15) is 0 Å². The molecule has 9 heteroatoms. The Balaban J connectivity index is 1.82. The van der Waals surface area contributed by atoms with Crippen molar-refractivity contribution >= 4 is 45.8 Å². The number of nitrogens with two attached hydrogens (primary N) is 1. The average molecular weight is 501 g/mol. The van der Waals surface area contributed by atoms with Crippen LogP contribution in [0.25, 0.3) is 0 Å². The van der Waals surface area contributed by atoms with Crippen molar-refractivity contribution in [2.24, 2.45) is 11.7 Å². The molecule has 0 bridgehead atoms. The molecule has 1 aliphatic rings. The van der Waals surface area contributed by atoms with Gasteiger partial charge in [0, 0.05) is 35.6 Å². The van der Waals surface area contributed by atoms with Crippen molar-refractivity contribution < 1.29 is 23.1 Å². The van der Waals surface area contributed by atoms with E-state index >= 15 is 0 Å². The maximum Gasteiger partial charge on any atom is 0.254 e. The number of ether oxygens (including phenoxy) is 1. The second-order valence-corrected chi connectivity index (χ2v) is 7.79. The van der Waals surface area contributed by atoms with Crippen LogP contribution in [0.1, 0.15) is 17.3 Å². The fourth-order valence-corrected chi connectivity index (χ4v) is 3.38. The summed E-state index contributed by atoms with van der Waals surface area (Å²) in [5.41, 5.74) is 5.49. The summed E-state index contributed by atoms with van der Waals surface area (Å²) in [4.78, 5) is 24.9. The Hall–Kier alpha value is -2.43. The number of hydrogen-bond acceptors (Lipinski definition) is 4. The number of likely N-dealkylation sites (tertiary alicyclic amines) is 1. The van der Waals surface area contributed by atoms with Gasteiger partial charge in [0.15, 0.2) is 0 Å². The Morgan fingerprint density at radius 2 is 1.96 bits per heavy atom. The normalized spacial score (nSPS) is 13.8. The maximum absolute atomic E-state index is 14.1. The Morgan fingerprint density at radius 1 is 1.25 bits per heavy atom. The van der Waals surface area contributed by atoms with Gasteiger partial charge in [-0.15, -0.1) is 0 Å². The molecule has 1 saturated heterocycles. The van der Waals surface area contributed by atoms with E-state index in [9.17, 15) is 18.4 Å². The molecule has 2 amide bonds. The summed E-state index contributed by atoms with van der Waals surface area (Å²) in [5, 5.41) is 2.72. The first-order valence-corrected chi connectivity index (χ1v) is 9.56. The van der Waals surface area contributed by atoms with Crippen LogP contribution in [0.3, 0.4) is 0 Å². The molecule has 0 saturated carbocycles. The fourth-order valence-electron chi connectivity index (χ4n) is 2.92. The molecule has 28 heavy (non-hydrogen) atoms. The molecule has 2 aromatic rings. The van der Waals surface area contributed by atoms with Gasteiger partial charge < -0.3 is 20.7 Å². The number of amides is 2. The highest BCUT2D eigenvalue weighted by molar-refractivity contribution is 14.1. The molecule has 3 N–H and O–H groups in total. The summed E-state index contributed by atoms with van der Waals surface area (Å²) >= 11 is 1.97. The first-order valence-electron chi connectivity index (χ1n) is 8.48. The van der Waals surface area contributed by atoms with Gasteiger partial charge in [0.25, 0.3) is 5.91 Å². The SMILES string of the molecule is CC(=O)N1CC(COc2cc(F)cc(Nc3ccc(I)cc3F)c2C(N)=O)C1. The van der Waals surface area contributed by atoms with Gasteiger partial charge in [-0.1, -0.05) is 0 Å². The van der Waals surface area contributed by atoms with Crippen molar-refractivity contribution in [3.8, 4) is 5.75 Å². The number of primary amides is 1. The molecule has 0 radical (unpaired) electrons. The predicted octanol–water partition coefficient (Wildman–Crippen LogP) is 3.27. The number of carbonyl (C=O) groups excluding carboxylic acids is 2. The van der Waals surface area contributed by atoms with Crippen molar-refractivity contribution in [1.82, 2.24) is 4.90 Å². The second kappa shape index (κ2) is 8.29. The van der Waals surface area contributed by atoms with Crippen molar-refractivity contribution in [1.29, 1.82) is 0 Å². The van der Waals surface area contributed by atoms with Gasteiger partial charge in [-0.25, -0.2) is 8.78 Å². The zero-order valence-corrected chi connectivity index (χ0v) is 17.1. The number of rotatable bonds is 6. The number of benzene rings is 2. The van der Waals surface area contributed by atoms with E-state index in [0.717, 1.165) is 12.1 Å². The minimum absolute atomic E-state index is 0.0154. The summed E-state index contributed by atoms with van der Waals surface area (Å²) in [6.45, 7) is 2.76. The third-order valence-electron chi connectivity index (χ3n) is 4.39. The van der Waals surface area contributed by atoms with E-state index in [1.807, 2.05) is 22.6 Å². The minimum Gasteiger partial charge on any atom is -0.492 e. The van der Waals surface area contributed by atoms with Gasteiger partial charge in [0.2, 0.25) is 5.91 Å². The summed E-state index contributed by atoms with van der Waals surface area (Å²) < 4.78 is 34.6. The van der Waals surface area contributed by atoms with Crippen LogP contribution in [0, 0.1) is 21.1 Å². The van der Waals surface area contributed by atoms with Crippen LogP contribution < -0.4 is 15.8 Å². The Bertz CT molecular complexity index is 933. The van der Waals surface area contributed by atoms with E-state index < -0.39 is 17.5 Å². The van der Waals surface area contributed by atoms with Gasteiger partial charge in [0.05, 0.1) is 18.0 Å². The third kappa shape index (κ3) is 4.51. The summed E-state index contributed by atoms with van der Waals surface area (Å²) in [5.74, 6) is -2.01. The van der Waals surface area contributed by atoms with E-state index in [0.29, 0.717) is 16.7 Å². The van der Waals surface area contributed by atoms with Crippen LogP contribution >= 0.6 is 22.6 Å². The predicted molar refractivity (Wildman–Crippen MR) is 109 cm³/mol. The summed E-state index contributed by atoms with van der Waals surface area (Å²) in [6.07, 6.45) is 0. The molecule has 1 aliphatic heterocycles. The highest BCUT2D eigenvalue weighted by Gasteiger charge is 2.29.